The molecule has 3 rings (SSSR count). The molecule has 2 atom stereocenters. The number of hydrogen-bond donors (Lipinski definition) is 3. The number of hydrogen-bond acceptors (Lipinski definition) is 7. The average Bonchev–Trinajstić information content (AvgIpc) is 2.61. The summed E-state index contributed by atoms with van der Waals surface area (Å²) in [6.45, 7) is 5.81. The van der Waals surface area contributed by atoms with Gasteiger partial charge in [-0.05, 0) is 50.9 Å². The molecule has 0 aromatic carbocycles. The van der Waals surface area contributed by atoms with E-state index >= 15 is 0 Å². The number of piperidine rings is 1. The molecule has 1 aliphatic rings. The Morgan fingerprint density at radius 2 is 2.03 bits per heavy atom. The van der Waals surface area contributed by atoms with E-state index in [1.807, 2.05) is 0 Å². The maximum absolute atomic E-state index is 12.7. The first-order chi connectivity index (χ1) is 13.6. The summed E-state index contributed by atoms with van der Waals surface area (Å²) in [5.74, 6) is -0.0551. The van der Waals surface area contributed by atoms with E-state index in [9.17, 15) is 23.4 Å². The summed E-state index contributed by atoms with van der Waals surface area (Å²) in [6, 6.07) is 2.52. The van der Waals surface area contributed by atoms with Gasteiger partial charge in [0.2, 0.25) is 0 Å². The summed E-state index contributed by atoms with van der Waals surface area (Å²) >= 11 is 0. The van der Waals surface area contributed by atoms with Crippen LogP contribution in [-0.4, -0.2) is 62.1 Å². The number of anilines is 1. The van der Waals surface area contributed by atoms with Crippen molar-refractivity contribution in [3.05, 3.63) is 29.5 Å². The van der Waals surface area contributed by atoms with Crippen molar-refractivity contribution in [2.45, 2.75) is 45.0 Å². The molecule has 3 N–H and O–H groups in total. The van der Waals surface area contributed by atoms with E-state index in [0.717, 1.165) is 25.9 Å². The molecule has 29 heavy (non-hydrogen) atoms. The van der Waals surface area contributed by atoms with Crippen LogP contribution in [0.3, 0.4) is 0 Å². The lowest BCUT2D eigenvalue weighted by molar-refractivity contribution is -0.137. The molecular weight excluding hydrogens is 387 g/mol. The quantitative estimate of drug-likeness (QED) is 0.697. The number of alkyl halides is 3. The number of β-amino-alcohol motifs (C(OH)–C–C–N with tert-alkyl or cyclic N) is 1. The summed E-state index contributed by atoms with van der Waals surface area (Å²) in [4.78, 5) is 5.92. The highest BCUT2D eigenvalue weighted by Crippen LogP contribution is 2.35. The number of aryl methyl sites for hydroxylation is 1. The lowest BCUT2D eigenvalue weighted by Gasteiger charge is -2.34. The van der Waals surface area contributed by atoms with Gasteiger partial charge in [-0.3, -0.25) is 4.90 Å². The molecular formula is C19H24F3N5O2. The van der Waals surface area contributed by atoms with Gasteiger partial charge in [-0.25, -0.2) is 4.98 Å². The molecule has 0 amide bonds. The molecule has 0 radical (unpaired) electrons. The smallest absolute Gasteiger partial charge is 0.418 e. The largest absolute Gasteiger partial charge is 0.506 e. The van der Waals surface area contributed by atoms with Crippen molar-refractivity contribution in [3.8, 4) is 17.1 Å². The average molecular weight is 411 g/mol. The van der Waals surface area contributed by atoms with Crippen molar-refractivity contribution >= 4 is 5.82 Å². The van der Waals surface area contributed by atoms with Crippen LogP contribution in [0.15, 0.2) is 18.3 Å². The van der Waals surface area contributed by atoms with Crippen molar-refractivity contribution in [2.24, 2.45) is 0 Å². The first-order valence-corrected chi connectivity index (χ1v) is 9.41. The molecule has 0 aliphatic carbocycles. The summed E-state index contributed by atoms with van der Waals surface area (Å²) in [7, 11) is 0. The second-order valence-corrected chi connectivity index (χ2v) is 7.44. The van der Waals surface area contributed by atoms with Gasteiger partial charge in [0.25, 0.3) is 0 Å². The van der Waals surface area contributed by atoms with Gasteiger partial charge in [-0.1, -0.05) is 0 Å². The van der Waals surface area contributed by atoms with E-state index in [1.165, 1.54) is 0 Å². The number of nitrogens with one attached hydrogen (secondary N) is 1. The van der Waals surface area contributed by atoms with Crippen LogP contribution in [0.2, 0.25) is 0 Å². The van der Waals surface area contributed by atoms with Crippen LogP contribution in [0.25, 0.3) is 11.4 Å². The second-order valence-electron chi connectivity index (χ2n) is 7.44. The Hall–Kier alpha value is -2.46. The van der Waals surface area contributed by atoms with Gasteiger partial charge in [-0.15, -0.1) is 10.2 Å². The molecule has 1 saturated heterocycles. The number of pyridine rings is 1. The number of aliphatic hydroxyl groups is 1. The van der Waals surface area contributed by atoms with Gasteiger partial charge in [0.05, 0.1) is 11.7 Å². The van der Waals surface area contributed by atoms with Gasteiger partial charge in [0.1, 0.15) is 23.0 Å². The van der Waals surface area contributed by atoms with Crippen LogP contribution in [-0.2, 0) is 6.18 Å². The van der Waals surface area contributed by atoms with Crippen molar-refractivity contribution in [1.82, 2.24) is 20.1 Å². The molecule has 1 aliphatic heterocycles. The van der Waals surface area contributed by atoms with Gasteiger partial charge in [-0.2, -0.15) is 13.2 Å². The van der Waals surface area contributed by atoms with E-state index in [2.05, 4.69) is 25.4 Å². The van der Waals surface area contributed by atoms with E-state index in [0.29, 0.717) is 30.2 Å². The van der Waals surface area contributed by atoms with Gasteiger partial charge < -0.3 is 15.5 Å². The Bertz CT molecular complexity index is 860. The fourth-order valence-electron chi connectivity index (χ4n) is 3.50. The molecule has 1 fully saturated rings. The topological polar surface area (TPSA) is 94.4 Å². The predicted octanol–water partition coefficient (Wildman–Crippen LogP) is 2.83. The number of nitrogens with zero attached hydrogens (tertiary/aromatic N) is 4. The van der Waals surface area contributed by atoms with E-state index < -0.39 is 17.5 Å². The zero-order valence-electron chi connectivity index (χ0n) is 16.2. The third-order valence-corrected chi connectivity index (χ3v) is 4.78. The van der Waals surface area contributed by atoms with Crippen LogP contribution < -0.4 is 5.32 Å². The fourth-order valence-corrected chi connectivity index (χ4v) is 3.50. The minimum atomic E-state index is -4.58. The first kappa shape index (κ1) is 21.3. The molecule has 0 spiro atoms. The Morgan fingerprint density at radius 1 is 1.28 bits per heavy atom. The maximum Gasteiger partial charge on any atom is 0.418 e. The number of aromatic hydroxyl groups is 1. The molecule has 10 heteroatoms. The van der Waals surface area contributed by atoms with Gasteiger partial charge in [0, 0.05) is 25.3 Å². The van der Waals surface area contributed by atoms with Crippen LogP contribution in [0, 0.1) is 6.92 Å². The normalized spacial score (nSPS) is 19.2. The Balaban J connectivity index is 1.74. The predicted molar refractivity (Wildman–Crippen MR) is 101 cm³/mol. The minimum absolute atomic E-state index is 0.0460. The minimum Gasteiger partial charge on any atom is -0.506 e. The molecule has 7 nitrogen and oxygen atoms in total. The standard InChI is InChI=1S/C19H24F3N5O2/c1-11-6-16(24-14-4-3-5-27(10-14)9-12(2)28)25-26-17(11)18-15(29)7-13(8-23-18)19(20,21)22/h6-8,12,14,28-29H,3-5,9-10H2,1-2H3,(H,24,25)/t12-,14-/m1/s1. The summed E-state index contributed by atoms with van der Waals surface area (Å²) in [6.07, 6.45) is -2.35. The fraction of sp³-hybridized carbons (Fsp3) is 0.526. The highest BCUT2D eigenvalue weighted by atomic mass is 19.4. The zero-order valence-corrected chi connectivity index (χ0v) is 16.2. The van der Waals surface area contributed by atoms with Crippen molar-refractivity contribution in [3.63, 3.8) is 0 Å². The lowest BCUT2D eigenvalue weighted by atomic mass is 10.1. The van der Waals surface area contributed by atoms with Gasteiger partial charge >= 0.3 is 6.18 Å². The molecule has 3 heterocycles. The van der Waals surface area contributed by atoms with Crippen LogP contribution in [0.5, 0.6) is 5.75 Å². The first-order valence-electron chi connectivity index (χ1n) is 9.41. The van der Waals surface area contributed by atoms with E-state index in [4.69, 9.17) is 0 Å². The molecule has 2 aromatic rings. The Kier molecular flexibility index (Phi) is 6.23. The molecule has 2 aromatic heterocycles. The number of aliphatic hydroxyl groups excluding tert-OH is 1. The highest BCUT2D eigenvalue weighted by molar-refractivity contribution is 5.66. The molecule has 0 bridgehead atoms. The molecule has 0 saturated carbocycles. The number of aromatic nitrogens is 3. The maximum atomic E-state index is 12.7. The van der Waals surface area contributed by atoms with Crippen LogP contribution in [0.4, 0.5) is 19.0 Å². The van der Waals surface area contributed by atoms with Gasteiger partial charge in [0.15, 0.2) is 0 Å². The van der Waals surface area contributed by atoms with Crippen LogP contribution in [0.1, 0.15) is 30.9 Å². The molecule has 158 valence electrons. The summed E-state index contributed by atoms with van der Waals surface area (Å²) in [5.41, 5.74) is -0.222. The third-order valence-electron chi connectivity index (χ3n) is 4.78. The SMILES string of the molecule is Cc1cc(N[C@@H]2CCCN(C[C@@H](C)O)C2)nnc1-c1ncc(C(F)(F)F)cc1O. The number of halogens is 3. The van der Waals surface area contributed by atoms with E-state index in [1.54, 1.807) is 19.9 Å². The monoisotopic (exact) mass is 411 g/mol. The van der Waals surface area contributed by atoms with Crippen molar-refractivity contribution in [1.29, 1.82) is 0 Å². The molecule has 0 unspecified atom stereocenters. The van der Waals surface area contributed by atoms with E-state index in [-0.39, 0.29) is 23.5 Å². The second kappa shape index (κ2) is 8.50. The zero-order chi connectivity index (χ0) is 21.2. The highest BCUT2D eigenvalue weighted by Gasteiger charge is 2.32. The summed E-state index contributed by atoms with van der Waals surface area (Å²) < 4.78 is 38.2. The van der Waals surface area contributed by atoms with Crippen LogP contribution >= 0.6 is 0 Å². The number of likely N-dealkylation sites (tertiary alicyclic amines) is 1. The van der Waals surface area contributed by atoms with Crippen molar-refractivity contribution in [2.75, 3.05) is 25.0 Å². The summed E-state index contributed by atoms with van der Waals surface area (Å²) in [5, 5.41) is 31.0. The Labute approximate surface area is 166 Å². The number of rotatable bonds is 5. The lowest BCUT2D eigenvalue weighted by Crippen LogP contribution is -2.44. The third kappa shape index (κ3) is 5.33. The Morgan fingerprint density at radius 3 is 2.66 bits per heavy atom. The van der Waals surface area contributed by atoms with Crippen molar-refractivity contribution < 1.29 is 23.4 Å².